The van der Waals surface area contributed by atoms with E-state index in [1.807, 2.05) is 35.5 Å². The Hall–Kier alpha value is -13.3. The summed E-state index contributed by atoms with van der Waals surface area (Å²) in [5.74, 6) is 0.556. The van der Waals surface area contributed by atoms with Crippen molar-refractivity contribution in [3.8, 4) is 28.5 Å². The number of benzene rings is 4. The maximum absolute atomic E-state index is 14.7. The molecule has 4 aromatic carbocycles. The summed E-state index contributed by atoms with van der Waals surface area (Å²) in [6.45, 7) is 8.27. The third-order valence-electron chi connectivity index (χ3n) is 22.8. The average Bonchev–Trinajstić information content (AvgIpc) is 1.63. The summed E-state index contributed by atoms with van der Waals surface area (Å²) in [5, 5.41) is 38.1. The number of hydrogen-bond donors (Lipinski definition) is 4. The van der Waals surface area contributed by atoms with Gasteiger partial charge in [0.05, 0.1) is 174 Å². The summed E-state index contributed by atoms with van der Waals surface area (Å²) < 4.78 is 71.0. The lowest BCUT2D eigenvalue weighted by molar-refractivity contribution is 0.0684. The van der Waals surface area contributed by atoms with E-state index in [9.17, 15) is 41.1 Å². The Morgan fingerprint density at radius 3 is 1.07 bits per heavy atom. The predicted molar refractivity (Wildman–Crippen MR) is 419 cm³/mol. The summed E-state index contributed by atoms with van der Waals surface area (Å²) >= 11 is 5.79. The van der Waals surface area contributed by atoms with Crippen LogP contribution in [0.3, 0.4) is 0 Å². The molecule has 8 fully saturated rings. The molecule has 37 heteroatoms. The Bertz CT molecular complexity index is 5330. The molecule has 4 saturated heterocycles. The molecule has 31 nitrogen and oxygen atoms in total. The van der Waals surface area contributed by atoms with Crippen molar-refractivity contribution in [1.82, 2.24) is 114 Å². The number of aromatic nitrogens is 19. The van der Waals surface area contributed by atoms with Crippen LogP contribution < -0.4 is 21.3 Å². The zero-order valence-corrected chi connectivity index (χ0v) is 64.5. The lowest BCUT2D eigenvalue weighted by Gasteiger charge is -2.34. The highest BCUT2D eigenvalue weighted by atomic mass is 35.5. The highest BCUT2D eigenvalue weighted by Gasteiger charge is 2.52. The van der Waals surface area contributed by atoms with Crippen LogP contribution in [-0.2, 0) is 0 Å². The molecular weight excluding hydrogens is 1550 g/mol. The molecule has 12 aromatic rings. The van der Waals surface area contributed by atoms with Crippen molar-refractivity contribution >= 4 is 58.5 Å². The molecule has 0 spiro atoms. The number of anilines is 4. The van der Waals surface area contributed by atoms with Crippen molar-refractivity contribution in [3.05, 3.63) is 246 Å². The largest absolute Gasteiger partial charge is 0.364 e. The number of halogens is 6. The molecule has 4 amide bonds. The Balaban J connectivity index is 0.000000113. The van der Waals surface area contributed by atoms with E-state index in [0.717, 1.165) is 90.4 Å². The van der Waals surface area contributed by atoms with E-state index in [1.54, 1.807) is 78.6 Å². The molecule has 0 radical (unpaired) electrons. The number of nitrogens with one attached hydrogen (secondary N) is 4. The Labute approximate surface area is 676 Å². The van der Waals surface area contributed by atoms with Gasteiger partial charge in [-0.2, -0.15) is 35.4 Å². The van der Waals surface area contributed by atoms with E-state index in [-0.39, 0.29) is 117 Å². The van der Waals surface area contributed by atoms with Crippen molar-refractivity contribution in [1.29, 1.82) is 0 Å². The summed E-state index contributed by atoms with van der Waals surface area (Å²) in [6, 6.07) is 17.6. The van der Waals surface area contributed by atoms with Crippen LogP contribution in [0.2, 0.25) is 5.15 Å². The van der Waals surface area contributed by atoms with Gasteiger partial charge >= 0.3 is 0 Å². The first-order valence-electron chi connectivity index (χ1n) is 38.6. The van der Waals surface area contributed by atoms with Gasteiger partial charge in [0.1, 0.15) is 51.4 Å². The number of amides is 4. The second-order valence-electron chi connectivity index (χ2n) is 30.6. The van der Waals surface area contributed by atoms with Gasteiger partial charge < -0.3 is 40.9 Å². The smallest absolute Gasteiger partial charge is 0.256 e. The van der Waals surface area contributed by atoms with E-state index >= 15 is 0 Å². The SMILES string of the molecule is Cc1cnc(NC2CC3CC2N(C(=O)c2cc(F)ccc2-n2nccn2)C3)cn1.Cc1cnc(NC2CC3CC2N(C(=O)c2cccc(F)c2-n2nccn2)C3)cn1.Cc1cnc(NC2CC3CC2N(C(=O)c2cccc(F)c2-n2nccn2)C3)cn1.O=C(c1cccc(F)c1-c1ncc(F)cn1)N1CC2CC(Nc3cnc(Cl)cn3)C1C2. The minimum absolute atomic E-state index is 0.00254. The van der Waals surface area contributed by atoms with Crippen LogP contribution in [0.15, 0.2) is 172 Å². The summed E-state index contributed by atoms with van der Waals surface area (Å²) in [6.07, 6.45) is 31.5. The van der Waals surface area contributed by atoms with Crippen molar-refractivity contribution in [2.45, 2.75) is 120 Å². The van der Waals surface area contributed by atoms with Crippen LogP contribution in [0.4, 0.5) is 45.2 Å². The lowest BCUT2D eigenvalue weighted by atomic mass is 10.0. The number of carbonyl (C=O) groups excluding carboxylic acids is 4. The molecular formula is C81H77ClF5N27O4. The molecule has 12 unspecified atom stereocenters. The van der Waals surface area contributed by atoms with Crippen LogP contribution in [0.5, 0.6) is 0 Å². The fourth-order valence-corrected chi connectivity index (χ4v) is 17.9. The van der Waals surface area contributed by atoms with Crippen molar-refractivity contribution in [2.24, 2.45) is 23.7 Å². The quantitative estimate of drug-likeness (QED) is 0.0653. The van der Waals surface area contributed by atoms with Gasteiger partial charge in [-0.25, -0.2) is 56.8 Å². The molecule has 4 aliphatic heterocycles. The molecule has 4 N–H and O–H groups in total. The first kappa shape index (κ1) is 77.3. The third-order valence-corrected chi connectivity index (χ3v) is 23.0. The number of fused-ring (bicyclic) bond motifs is 8. The summed E-state index contributed by atoms with van der Waals surface area (Å²) in [5.41, 5.74) is 4.13. The van der Waals surface area contributed by atoms with E-state index in [2.05, 4.69) is 102 Å². The average molecular weight is 1620 g/mol. The lowest BCUT2D eigenvalue weighted by Crippen LogP contribution is -2.48. The van der Waals surface area contributed by atoms with Crippen LogP contribution in [0, 0.1) is 73.5 Å². The monoisotopic (exact) mass is 1620 g/mol. The van der Waals surface area contributed by atoms with Crippen molar-refractivity contribution in [2.75, 3.05) is 47.4 Å². The van der Waals surface area contributed by atoms with Crippen molar-refractivity contribution in [3.63, 3.8) is 0 Å². The molecule has 12 atom stereocenters. The second kappa shape index (κ2) is 33.1. The minimum atomic E-state index is -0.635. The second-order valence-corrected chi connectivity index (χ2v) is 31.0. The normalized spacial score (nSPS) is 22.6. The zero-order chi connectivity index (χ0) is 81.4. The topological polar surface area (TPSA) is 350 Å². The maximum atomic E-state index is 14.7. The third kappa shape index (κ3) is 16.1. The van der Waals surface area contributed by atoms with E-state index in [0.29, 0.717) is 84.0 Å². The van der Waals surface area contributed by atoms with E-state index in [1.165, 1.54) is 90.6 Å². The highest BCUT2D eigenvalue weighted by molar-refractivity contribution is 6.29. The number of aryl methyl sites for hydroxylation is 3. The van der Waals surface area contributed by atoms with Crippen LogP contribution >= 0.6 is 11.6 Å². The van der Waals surface area contributed by atoms with Gasteiger partial charge in [0.2, 0.25) is 0 Å². The number of para-hydroxylation sites is 2. The fourth-order valence-electron chi connectivity index (χ4n) is 17.8. The molecule has 20 rings (SSSR count). The predicted octanol–water partition coefficient (Wildman–Crippen LogP) is 10.2. The molecule has 602 valence electrons. The molecule has 4 aliphatic carbocycles. The standard InChI is InChI=1S/C21H17ClF2N6O.3C20H20FN7O/c22-17-8-26-18(9-25-17)29-15-4-11-5-16(15)30(10-11)21(31)13-2-1-3-14(24)19(13)20-27-6-12(23)7-28-20;1-12-9-23-19(10-22-12)26-16-6-13-7-18(16)27(11-13)20(29)15-8-14(21)2-3-17(15)28-24-4-5-25-28;2*1-12-9-23-18(10-22-12)26-16-7-13-8-17(16)27(11-13)20(29)14-3-2-4-15(21)19(14)28-24-5-6-25-28/h1-3,6-9,11,15-16H,4-5,10H2,(H,26,29);2-5,8-10,13,16,18H,6-7,11H2,1H3,(H,23,26);2*2-6,9-10,13,16-17H,7-8,11H2,1H3,(H,23,26). The number of rotatable bonds is 16. The first-order valence-corrected chi connectivity index (χ1v) is 39.0. The number of nitrogens with zero attached hydrogens (tertiary/aromatic N) is 23. The molecule has 8 bridgehead atoms. The number of piperidine rings is 4. The van der Waals surface area contributed by atoms with Crippen LogP contribution in [-0.4, -0.2) is 213 Å². The van der Waals surface area contributed by atoms with Gasteiger partial charge in [0, 0.05) is 50.3 Å². The zero-order valence-electron chi connectivity index (χ0n) is 63.8. The van der Waals surface area contributed by atoms with Gasteiger partial charge in [0.25, 0.3) is 23.6 Å². The van der Waals surface area contributed by atoms with Gasteiger partial charge in [-0.05, 0) is 150 Å². The van der Waals surface area contributed by atoms with Crippen molar-refractivity contribution < 1.29 is 41.1 Å². The summed E-state index contributed by atoms with van der Waals surface area (Å²) in [4.78, 5) is 106. The van der Waals surface area contributed by atoms with Gasteiger partial charge in [-0.1, -0.05) is 29.8 Å². The first-order chi connectivity index (χ1) is 57.3. The summed E-state index contributed by atoms with van der Waals surface area (Å²) in [7, 11) is 0. The molecule has 118 heavy (non-hydrogen) atoms. The molecule has 8 aliphatic rings. The van der Waals surface area contributed by atoms with Gasteiger partial charge in [-0.3, -0.25) is 34.1 Å². The number of carbonyl (C=O) groups is 4. The Morgan fingerprint density at radius 2 is 0.703 bits per heavy atom. The fraction of sp³-hybridized carbons (Fsp3) is 0.333. The Morgan fingerprint density at radius 1 is 0.356 bits per heavy atom. The van der Waals surface area contributed by atoms with Gasteiger partial charge in [0.15, 0.2) is 23.3 Å². The number of likely N-dealkylation sites (tertiary alicyclic amines) is 4. The number of hydrogen-bond acceptors (Lipinski definition) is 24. The molecule has 8 aromatic heterocycles. The van der Waals surface area contributed by atoms with Gasteiger partial charge in [-0.15, -0.1) is 9.59 Å². The minimum Gasteiger partial charge on any atom is -0.364 e. The maximum Gasteiger partial charge on any atom is 0.256 e. The van der Waals surface area contributed by atoms with E-state index in [4.69, 9.17) is 11.6 Å². The van der Waals surface area contributed by atoms with E-state index < -0.39 is 29.1 Å². The highest BCUT2D eigenvalue weighted by Crippen LogP contribution is 2.45. The van der Waals surface area contributed by atoms with Crippen LogP contribution in [0.25, 0.3) is 28.5 Å². The molecule has 12 heterocycles. The van der Waals surface area contributed by atoms with Crippen LogP contribution in [0.1, 0.15) is 110 Å². The Kier molecular flexibility index (Phi) is 21.7. The molecule has 4 saturated carbocycles.